The van der Waals surface area contributed by atoms with E-state index in [4.69, 9.17) is 11.6 Å². The predicted octanol–water partition coefficient (Wildman–Crippen LogP) is 3.67. The van der Waals surface area contributed by atoms with Crippen molar-refractivity contribution in [2.45, 2.75) is 37.0 Å². The number of hydrogen-bond donors (Lipinski definition) is 1. The van der Waals surface area contributed by atoms with E-state index >= 15 is 0 Å². The number of benzene rings is 1. The van der Waals surface area contributed by atoms with Crippen molar-refractivity contribution in [2.75, 3.05) is 5.75 Å². The maximum absolute atomic E-state index is 13.7. The van der Waals surface area contributed by atoms with Crippen LogP contribution >= 0.6 is 23.4 Å². The topological polar surface area (TPSA) is 20.2 Å². The average Bonchev–Trinajstić information content (AvgIpc) is 2.73. The van der Waals surface area contributed by atoms with Gasteiger partial charge in [0.05, 0.1) is 11.1 Å². The smallest absolute Gasteiger partial charge is 0.145 e. The summed E-state index contributed by atoms with van der Waals surface area (Å²) in [5, 5.41) is 10.4. The Morgan fingerprint density at radius 3 is 3.00 bits per heavy atom. The first-order chi connectivity index (χ1) is 8.03. The first-order valence-corrected chi connectivity index (χ1v) is 7.14. The summed E-state index contributed by atoms with van der Waals surface area (Å²) in [6, 6.07) is 4.93. The van der Waals surface area contributed by atoms with Crippen LogP contribution in [0.15, 0.2) is 18.2 Å². The highest BCUT2D eigenvalue weighted by Crippen LogP contribution is 2.41. The first-order valence-electron chi connectivity index (χ1n) is 5.78. The fraction of sp³-hybridized carbons (Fsp3) is 0.538. The Morgan fingerprint density at radius 2 is 2.35 bits per heavy atom. The molecule has 17 heavy (non-hydrogen) atoms. The van der Waals surface area contributed by atoms with Gasteiger partial charge >= 0.3 is 0 Å². The first kappa shape index (κ1) is 13.2. The normalized spacial score (nSPS) is 26.1. The van der Waals surface area contributed by atoms with Gasteiger partial charge in [-0.1, -0.05) is 23.7 Å². The Morgan fingerprint density at radius 1 is 1.59 bits per heavy atom. The van der Waals surface area contributed by atoms with Crippen LogP contribution in [0, 0.1) is 5.82 Å². The molecule has 1 heterocycles. The molecule has 1 aliphatic rings. The molecule has 1 N–H and O–H groups in total. The van der Waals surface area contributed by atoms with Crippen molar-refractivity contribution in [1.82, 2.24) is 0 Å². The van der Waals surface area contributed by atoms with Gasteiger partial charge in [0.15, 0.2) is 0 Å². The lowest BCUT2D eigenvalue weighted by atomic mass is 9.93. The van der Waals surface area contributed by atoms with E-state index in [2.05, 4.69) is 6.92 Å². The molecule has 1 saturated heterocycles. The molecule has 0 saturated carbocycles. The Labute approximate surface area is 110 Å². The van der Waals surface area contributed by atoms with Crippen molar-refractivity contribution < 1.29 is 9.50 Å². The molecule has 94 valence electrons. The van der Waals surface area contributed by atoms with Gasteiger partial charge in [-0.25, -0.2) is 4.39 Å². The zero-order valence-corrected chi connectivity index (χ0v) is 11.3. The van der Waals surface area contributed by atoms with E-state index in [1.165, 1.54) is 6.07 Å². The van der Waals surface area contributed by atoms with Crippen LogP contribution < -0.4 is 0 Å². The molecule has 1 aromatic rings. The molecule has 2 rings (SSSR count). The molecule has 0 aliphatic carbocycles. The Kier molecular flexibility index (Phi) is 4.01. The average molecular weight is 275 g/mol. The molecule has 0 bridgehead atoms. The highest BCUT2D eigenvalue weighted by atomic mass is 35.5. The standard InChI is InChI=1S/C13H16ClFOS/c1-13(6-3-7-17-13)11(16)8-9-4-2-5-10(14)12(9)15/h2,4-5,11,16H,3,6-8H2,1H3. The quantitative estimate of drug-likeness (QED) is 0.908. The van der Waals surface area contributed by atoms with Gasteiger partial charge in [-0.05, 0) is 37.1 Å². The van der Waals surface area contributed by atoms with E-state index in [-0.39, 0.29) is 9.77 Å². The number of hydrogen-bond acceptors (Lipinski definition) is 2. The van der Waals surface area contributed by atoms with Gasteiger partial charge in [0.1, 0.15) is 5.82 Å². The minimum absolute atomic E-state index is 0.124. The lowest BCUT2D eigenvalue weighted by Crippen LogP contribution is -2.35. The molecule has 0 radical (unpaired) electrons. The maximum atomic E-state index is 13.7. The summed E-state index contributed by atoms with van der Waals surface area (Å²) >= 11 is 7.51. The second-order valence-electron chi connectivity index (χ2n) is 4.70. The van der Waals surface area contributed by atoms with Crippen LogP contribution in [-0.4, -0.2) is 21.7 Å². The fourth-order valence-electron chi connectivity index (χ4n) is 2.19. The van der Waals surface area contributed by atoms with Crippen LogP contribution in [0.3, 0.4) is 0 Å². The van der Waals surface area contributed by atoms with Crippen LogP contribution in [0.25, 0.3) is 0 Å². The van der Waals surface area contributed by atoms with E-state index in [0.717, 1.165) is 18.6 Å². The van der Waals surface area contributed by atoms with Crippen molar-refractivity contribution in [3.8, 4) is 0 Å². The third kappa shape index (κ3) is 2.78. The van der Waals surface area contributed by atoms with Crippen LogP contribution in [0.1, 0.15) is 25.3 Å². The second kappa shape index (κ2) is 5.17. The van der Waals surface area contributed by atoms with E-state index in [9.17, 15) is 9.50 Å². The summed E-state index contributed by atoms with van der Waals surface area (Å²) in [7, 11) is 0. The third-order valence-electron chi connectivity index (χ3n) is 3.40. The van der Waals surface area contributed by atoms with Crippen LogP contribution in [-0.2, 0) is 6.42 Å². The zero-order chi connectivity index (χ0) is 12.5. The Bertz CT molecular complexity index is 404. The molecular formula is C13H16ClFOS. The lowest BCUT2D eigenvalue weighted by molar-refractivity contribution is 0.132. The van der Waals surface area contributed by atoms with Crippen molar-refractivity contribution in [3.05, 3.63) is 34.6 Å². The summed E-state index contributed by atoms with van der Waals surface area (Å²) in [6.07, 6.45) is 1.91. The van der Waals surface area contributed by atoms with Crippen molar-refractivity contribution in [3.63, 3.8) is 0 Å². The SMILES string of the molecule is CC1(C(O)Cc2cccc(Cl)c2F)CCCS1. The predicted molar refractivity (Wildman–Crippen MR) is 71.2 cm³/mol. The molecule has 1 aliphatic heterocycles. The summed E-state index contributed by atoms with van der Waals surface area (Å²) in [6.45, 7) is 2.05. The van der Waals surface area contributed by atoms with E-state index in [0.29, 0.717) is 12.0 Å². The minimum Gasteiger partial charge on any atom is -0.391 e. The van der Waals surface area contributed by atoms with Gasteiger partial charge in [0.25, 0.3) is 0 Å². The molecule has 1 fully saturated rings. The second-order valence-corrected chi connectivity index (χ2v) is 6.73. The molecule has 1 aromatic carbocycles. The van der Waals surface area contributed by atoms with Gasteiger partial charge < -0.3 is 5.11 Å². The van der Waals surface area contributed by atoms with E-state index in [1.807, 2.05) is 0 Å². The molecule has 2 atom stereocenters. The van der Waals surface area contributed by atoms with Gasteiger partial charge in [-0.3, -0.25) is 0 Å². The molecule has 0 amide bonds. The van der Waals surface area contributed by atoms with Crippen LogP contribution in [0.5, 0.6) is 0 Å². The largest absolute Gasteiger partial charge is 0.391 e. The van der Waals surface area contributed by atoms with Gasteiger partial charge in [0, 0.05) is 11.2 Å². The molecule has 4 heteroatoms. The van der Waals surface area contributed by atoms with E-state index < -0.39 is 11.9 Å². The molecule has 0 spiro atoms. The van der Waals surface area contributed by atoms with Crippen LogP contribution in [0.4, 0.5) is 4.39 Å². The van der Waals surface area contributed by atoms with Crippen molar-refractivity contribution in [2.24, 2.45) is 0 Å². The van der Waals surface area contributed by atoms with Crippen molar-refractivity contribution in [1.29, 1.82) is 0 Å². The number of halogens is 2. The fourth-order valence-corrected chi connectivity index (χ4v) is 3.71. The summed E-state index contributed by atoms with van der Waals surface area (Å²) < 4.78 is 13.6. The zero-order valence-electron chi connectivity index (χ0n) is 9.75. The summed E-state index contributed by atoms with van der Waals surface area (Å²) in [5.74, 6) is 0.672. The van der Waals surface area contributed by atoms with Gasteiger partial charge in [0.2, 0.25) is 0 Å². The van der Waals surface area contributed by atoms with E-state index in [1.54, 1.807) is 23.9 Å². The number of aliphatic hydroxyl groups excluding tert-OH is 1. The summed E-state index contributed by atoms with van der Waals surface area (Å²) in [4.78, 5) is 0. The van der Waals surface area contributed by atoms with Crippen LogP contribution in [0.2, 0.25) is 5.02 Å². The molecule has 2 unspecified atom stereocenters. The minimum atomic E-state index is -0.525. The van der Waals surface area contributed by atoms with Gasteiger partial charge in [-0.2, -0.15) is 11.8 Å². The highest BCUT2D eigenvalue weighted by Gasteiger charge is 2.37. The number of thioether (sulfide) groups is 1. The lowest BCUT2D eigenvalue weighted by Gasteiger charge is -2.29. The molecular weight excluding hydrogens is 259 g/mol. The number of aliphatic hydroxyl groups is 1. The summed E-state index contributed by atoms with van der Waals surface area (Å²) in [5.41, 5.74) is 0.499. The number of rotatable bonds is 3. The maximum Gasteiger partial charge on any atom is 0.145 e. The Balaban J connectivity index is 2.12. The molecule has 1 nitrogen and oxygen atoms in total. The third-order valence-corrected chi connectivity index (χ3v) is 5.32. The molecule has 0 aromatic heterocycles. The van der Waals surface area contributed by atoms with Crippen molar-refractivity contribution >= 4 is 23.4 Å². The Hall–Kier alpha value is -0.250. The monoisotopic (exact) mass is 274 g/mol. The highest BCUT2D eigenvalue weighted by molar-refractivity contribution is 8.00. The van der Waals surface area contributed by atoms with Gasteiger partial charge in [-0.15, -0.1) is 0 Å².